The van der Waals surface area contributed by atoms with Crippen LogP contribution in [-0.4, -0.2) is 47.3 Å². The van der Waals surface area contributed by atoms with Gasteiger partial charge in [0.1, 0.15) is 24.8 Å². The van der Waals surface area contributed by atoms with Crippen molar-refractivity contribution in [1.29, 1.82) is 5.26 Å². The molecule has 22 heavy (non-hydrogen) atoms. The highest BCUT2D eigenvalue weighted by Crippen LogP contribution is 2.22. The van der Waals surface area contributed by atoms with Crippen LogP contribution in [0.25, 0.3) is 0 Å². The van der Waals surface area contributed by atoms with E-state index in [2.05, 4.69) is 10.5 Å². The molecule has 1 aromatic carbocycles. The summed E-state index contributed by atoms with van der Waals surface area (Å²) in [5.41, 5.74) is 8.49. The quantitative estimate of drug-likeness (QED) is 0.270. The second-order valence-corrected chi connectivity index (χ2v) is 4.44. The third-order valence-corrected chi connectivity index (χ3v) is 3.09. The molecule has 0 atom stereocenters. The molecule has 0 aromatic heterocycles. The van der Waals surface area contributed by atoms with E-state index in [4.69, 9.17) is 10.5 Å². The van der Waals surface area contributed by atoms with E-state index in [0.717, 1.165) is 0 Å². The summed E-state index contributed by atoms with van der Waals surface area (Å²) >= 11 is 0. The van der Waals surface area contributed by atoms with E-state index in [1.165, 1.54) is 12.1 Å². The number of hydrazone groups is 1. The van der Waals surface area contributed by atoms with Crippen molar-refractivity contribution in [3.63, 3.8) is 0 Å². The lowest BCUT2D eigenvalue weighted by atomic mass is 10.3. The Hall–Kier alpha value is -2.99. The minimum absolute atomic E-state index is 0.0277. The third kappa shape index (κ3) is 3.56. The van der Waals surface area contributed by atoms with Crippen molar-refractivity contribution in [1.82, 2.24) is 0 Å². The maximum absolute atomic E-state index is 10.9. The zero-order chi connectivity index (χ0) is 15.9. The summed E-state index contributed by atoms with van der Waals surface area (Å²) in [5, 5.41) is 24.0. The highest BCUT2D eigenvalue weighted by molar-refractivity contribution is 6.45. The molecule has 1 fully saturated rings. The van der Waals surface area contributed by atoms with Gasteiger partial charge in [0.25, 0.3) is 5.69 Å². The van der Waals surface area contributed by atoms with Crippen LogP contribution < -0.4 is 11.2 Å². The summed E-state index contributed by atoms with van der Waals surface area (Å²) in [6.45, 7) is 2.18. The molecule has 0 unspecified atom stereocenters. The van der Waals surface area contributed by atoms with Crippen LogP contribution in [0.4, 0.5) is 11.4 Å². The zero-order valence-electron chi connectivity index (χ0n) is 11.7. The van der Waals surface area contributed by atoms with Crippen LogP contribution in [0.2, 0.25) is 0 Å². The maximum atomic E-state index is 10.9. The Morgan fingerprint density at radius 2 is 2.14 bits per heavy atom. The highest BCUT2D eigenvalue weighted by Gasteiger charge is 2.19. The number of nitriles is 1. The van der Waals surface area contributed by atoms with Crippen molar-refractivity contribution < 1.29 is 14.2 Å². The molecule has 9 heteroatoms. The van der Waals surface area contributed by atoms with Gasteiger partial charge in [0.2, 0.25) is 5.71 Å². The number of amidine groups is 1. The van der Waals surface area contributed by atoms with Gasteiger partial charge in [-0.3, -0.25) is 25.8 Å². The number of rotatable bonds is 4. The van der Waals surface area contributed by atoms with Gasteiger partial charge in [0.05, 0.1) is 18.1 Å². The van der Waals surface area contributed by atoms with Gasteiger partial charge in [-0.15, -0.1) is 0 Å². The van der Waals surface area contributed by atoms with Crippen LogP contribution >= 0.6 is 0 Å². The van der Waals surface area contributed by atoms with E-state index in [9.17, 15) is 15.4 Å². The smallest absolute Gasteiger partial charge is 0.307 e. The number of benzene rings is 1. The van der Waals surface area contributed by atoms with Crippen LogP contribution in [0.3, 0.4) is 0 Å². The molecule has 3 N–H and O–H groups in total. The molecular formula is C13H15N6O3+. The largest absolute Gasteiger partial charge is 0.373 e. The molecule has 1 aromatic rings. The molecule has 1 aliphatic rings. The summed E-state index contributed by atoms with van der Waals surface area (Å²) in [7, 11) is 0. The molecule has 1 saturated heterocycles. The van der Waals surface area contributed by atoms with Crippen molar-refractivity contribution in [2.75, 3.05) is 31.7 Å². The van der Waals surface area contributed by atoms with Crippen LogP contribution in [-0.2, 0) is 4.74 Å². The number of nitro groups is 1. The van der Waals surface area contributed by atoms with Gasteiger partial charge in [0.15, 0.2) is 0 Å². The summed E-state index contributed by atoms with van der Waals surface area (Å²) in [6, 6.07) is 7.92. The number of nitrogens with one attached hydrogen (secondary N) is 1. The fraction of sp³-hybridized carbons (Fsp3) is 0.308. The third-order valence-electron chi connectivity index (χ3n) is 3.09. The van der Waals surface area contributed by atoms with Gasteiger partial charge < -0.3 is 4.74 Å². The number of para-hydroxylation sites is 2. The van der Waals surface area contributed by atoms with Crippen LogP contribution in [0.5, 0.6) is 0 Å². The molecule has 0 aliphatic carbocycles. The standard InChI is InChI=1S/C13H14N6O3/c14-9-11(13(15)18-5-7-22-8-6-18)17-16-10-3-1-2-4-12(10)19(20)21/h1-4H,5-8H2,(H2,15,16)/p+1. The molecule has 9 nitrogen and oxygen atoms in total. The van der Waals surface area contributed by atoms with Crippen molar-refractivity contribution in [3.05, 3.63) is 34.4 Å². The number of nitrogens with zero attached hydrogens (tertiary/aromatic N) is 4. The van der Waals surface area contributed by atoms with Gasteiger partial charge in [-0.05, 0) is 6.07 Å². The maximum Gasteiger partial charge on any atom is 0.307 e. The van der Waals surface area contributed by atoms with Gasteiger partial charge in [-0.1, -0.05) is 12.1 Å². The van der Waals surface area contributed by atoms with Crippen molar-refractivity contribution in [3.8, 4) is 6.07 Å². The number of anilines is 1. The van der Waals surface area contributed by atoms with Crippen molar-refractivity contribution >= 4 is 22.9 Å². The topological polar surface area (TPSA) is 130 Å². The Morgan fingerprint density at radius 1 is 1.45 bits per heavy atom. The monoisotopic (exact) mass is 303 g/mol. The van der Waals surface area contributed by atoms with Gasteiger partial charge in [-0.25, -0.2) is 0 Å². The van der Waals surface area contributed by atoms with E-state index in [0.29, 0.717) is 26.3 Å². The number of morpholine rings is 1. The average molecular weight is 303 g/mol. The first kappa shape index (κ1) is 15.4. The first-order valence-corrected chi connectivity index (χ1v) is 6.56. The number of nitrogens with two attached hydrogens (primary N) is 1. The highest BCUT2D eigenvalue weighted by atomic mass is 16.6. The molecule has 1 heterocycles. The predicted octanol–water partition coefficient (Wildman–Crippen LogP) is 0.286. The summed E-state index contributed by atoms with van der Waals surface area (Å²) in [5.74, 6) is 0.219. The van der Waals surface area contributed by atoms with Gasteiger partial charge in [0, 0.05) is 6.07 Å². The molecule has 0 spiro atoms. The molecule has 0 radical (unpaired) electrons. The Balaban J connectivity index is 2.24. The Bertz CT molecular complexity index is 669. The van der Waals surface area contributed by atoms with E-state index >= 15 is 0 Å². The summed E-state index contributed by atoms with van der Waals surface area (Å²) in [4.78, 5) is 10.4. The second kappa shape index (κ2) is 7.14. The predicted molar refractivity (Wildman–Crippen MR) is 79.8 cm³/mol. The molecule has 1 aliphatic heterocycles. The van der Waals surface area contributed by atoms with Crippen LogP contribution in [0.15, 0.2) is 29.4 Å². The SMILES string of the molecule is N#C/C(=N\Nc1ccccc1[N+](=O)[O-])C(N)=[N+]1CCOCC1. The zero-order valence-corrected chi connectivity index (χ0v) is 11.7. The molecule has 0 bridgehead atoms. The van der Waals surface area contributed by atoms with Crippen LogP contribution in [0, 0.1) is 21.4 Å². The normalized spacial score (nSPS) is 15.0. The molecular weight excluding hydrogens is 288 g/mol. The molecule has 0 saturated carbocycles. The number of ether oxygens (including phenoxy) is 1. The lowest BCUT2D eigenvalue weighted by Gasteiger charge is -2.14. The molecule has 114 valence electrons. The lowest BCUT2D eigenvalue weighted by molar-refractivity contribution is -0.548. The van der Waals surface area contributed by atoms with E-state index in [1.54, 1.807) is 16.7 Å². The minimum atomic E-state index is -0.529. The lowest BCUT2D eigenvalue weighted by Crippen LogP contribution is -2.41. The Labute approximate surface area is 126 Å². The first-order valence-electron chi connectivity index (χ1n) is 6.56. The molecule has 2 rings (SSSR count). The summed E-state index contributed by atoms with van der Waals surface area (Å²) < 4.78 is 7.00. The first-order chi connectivity index (χ1) is 10.6. The van der Waals surface area contributed by atoms with Gasteiger partial charge in [-0.2, -0.15) is 10.4 Å². The van der Waals surface area contributed by atoms with Crippen molar-refractivity contribution in [2.45, 2.75) is 0 Å². The number of nitro benzene ring substituents is 1. The Kier molecular flexibility index (Phi) is 5.00. The number of hydrogen-bond donors (Lipinski definition) is 2. The minimum Gasteiger partial charge on any atom is -0.373 e. The van der Waals surface area contributed by atoms with E-state index < -0.39 is 4.92 Å². The van der Waals surface area contributed by atoms with Crippen LogP contribution in [0.1, 0.15) is 0 Å². The van der Waals surface area contributed by atoms with E-state index in [-0.39, 0.29) is 22.9 Å². The van der Waals surface area contributed by atoms with Gasteiger partial charge >= 0.3 is 5.84 Å². The molecule has 0 amide bonds. The average Bonchev–Trinajstić information content (AvgIpc) is 2.56. The summed E-state index contributed by atoms with van der Waals surface area (Å²) in [6.07, 6.45) is 0. The second-order valence-electron chi connectivity index (χ2n) is 4.44. The number of hydrogen-bond acceptors (Lipinski definition) is 6. The Morgan fingerprint density at radius 3 is 2.77 bits per heavy atom. The van der Waals surface area contributed by atoms with Crippen molar-refractivity contribution in [2.24, 2.45) is 10.8 Å². The fourth-order valence-electron chi connectivity index (χ4n) is 1.94. The van der Waals surface area contributed by atoms with E-state index in [1.807, 2.05) is 6.07 Å². The fourth-order valence-corrected chi connectivity index (χ4v) is 1.94.